The van der Waals surface area contributed by atoms with Gasteiger partial charge in [-0.1, -0.05) is 44.2 Å². The van der Waals surface area contributed by atoms with Gasteiger partial charge in [0.1, 0.15) is 5.82 Å². The summed E-state index contributed by atoms with van der Waals surface area (Å²) in [5.41, 5.74) is 3.85. The van der Waals surface area contributed by atoms with Gasteiger partial charge in [-0.2, -0.15) is 10.3 Å². The number of rotatable bonds is 8. The van der Waals surface area contributed by atoms with Crippen LogP contribution in [0.3, 0.4) is 0 Å². The zero-order chi connectivity index (χ0) is 20.1. The van der Waals surface area contributed by atoms with Gasteiger partial charge in [0, 0.05) is 36.7 Å². The van der Waals surface area contributed by atoms with Gasteiger partial charge in [-0.15, -0.1) is 10.2 Å². The molecule has 4 rings (SSSR count). The Morgan fingerprint density at radius 1 is 1.00 bits per heavy atom. The number of aromatic nitrogens is 8. The highest BCUT2D eigenvalue weighted by Crippen LogP contribution is 2.28. The molecule has 0 spiro atoms. The summed E-state index contributed by atoms with van der Waals surface area (Å²) in [5.74, 6) is 2.48. The van der Waals surface area contributed by atoms with Crippen molar-refractivity contribution in [1.29, 1.82) is 0 Å². The van der Waals surface area contributed by atoms with Crippen molar-refractivity contribution in [3.8, 4) is 22.6 Å². The first-order valence-electron chi connectivity index (χ1n) is 9.99. The summed E-state index contributed by atoms with van der Waals surface area (Å²) >= 11 is 0. The average Bonchev–Trinajstić information content (AvgIpc) is 3.40. The Hall–Kier alpha value is -3.42. The largest absolute Gasteiger partial charge is 0.256 e. The molecule has 0 aliphatic rings. The monoisotopic (exact) mass is 388 g/mol. The first kappa shape index (κ1) is 18.9. The van der Waals surface area contributed by atoms with Crippen LogP contribution in [0, 0.1) is 0 Å². The Bertz CT molecular complexity index is 1050. The molecule has 4 aromatic rings. The lowest BCUT2D eigenvalue weighted by molar-refractivity contribution is 0.570. The molecule has 0 unspecified atom stereocenters. The minimum Gasteiger partial charge on any atom is -0.256 e. The average molecular weight is 388 g/mol. The van der Waals surface area contributed by atoms with Gasteiger partial charge in [-0.3, -0.25) is 4.98 Å². The van der Waals surface area contributed by atoms with Crippen molar-refractivity contribution in [3.05, 3.63) is 59.8 Å². The number of aryl methyl sites for hydroxylation is 2. The summed E-state index contributed by atoms with van der Waals surface area (Å²) in [7, 11) is 0. The van der Waals surface area contributed by atoms with Crippen LogP contribution in [-0.2, 0) is 19.4 Å². The van der Waals surface area contributed by atoms with Gasteiger partial charge in [-0.25, -0.2) is 9.67 Å². The maximum atomic E-state index is 4.74. The second-order valence-electron chi connectivity index (χ2n) is 6.93. The molecule has 0 fully saturated rings. The zero-order valence-electron chi connectivity index (χ0n) is 16.7. The van der Waals surface area contributed by atoms with E-state index in [-0.39, 0.29) is 0 Å². The van der Waals surface area contributed by atoms with Gasteiger partial charge >= 0.3 is 0 Å². The number of nitrogens with zero attached hydrogens (tertiary/aromatic N) is 7. The van der Waals surface area contributed by atoms with E-state index in [9.17, 15) is 0 Å². The van der Waals surface area contributed by atoms with E-state index in [1.807, 2.05) is 41.2 Å². The molecule has 148 valence electrons. The van der Waals surface area contributed by atoms with Gasteiger partial charge in [0.15, 0.2) is 5.82 Å². The molecule has 0 aliphatic heterocycles. The molecule has 3 aromatic heterocycles. The van der Waals surface area contributed by atoms with E-state index in [1.54, 1.807) is 0 Å². The number of pyridine rings is 1. The Labute approximate surface area is 169 Å². The van der Waals surface area contributed by atoms with Crippen molar-refractivity contribution < 1.29 is 0 Å². The molecule has 29 heavy (non-hydrogen) atoms. The van der Waals surface area contributed by atoms with Crippen LogP contribution < -0.4 is 0 Å². The Morgan fingerprint density at radius 2 is 1.86 bits per heavy atom. The van der Waals surface area contributed by atoms with Crippen LogP contribution in [0.4, 0.5) is 0 Å². The minimum atomic E-state index is 0.558. The second kappa shape index (κ2) is 8.72. The number of tetrazole rings is 1. The van der Waals surface area contributed by atoms with Crippen molar-refractivity contribution in [2.75, 3.05) is 0 Å². The van der Waals surface area contributed by atoms with E-state index >= 15 is 0 Å². The first-order chi connectivity index (χ1) is 14.3. The lowest BCUT2D eigenvalue weighted by Gasteiger charge is -2.08. The molecular formula is C21H24N8. The number of aromatic amines is 1. The van der Waals surface area contributed by atoms with E-state index in [2.05, 4.69) is 45.6 Å². The van der Waals surface area contributed by atoms with E-state index in [4.69, 9.17) is 9.97 Å². The van der Waals surface area contributed by atoms with E-state index in [0.29, 0.717) is 5.82 Å². The van der Waals surface area contributed by atoms with Gasteiger partial charge in [0.25, 0.3) is 0 Å². The summed E-state index contributed by atoms with van der Waals surface area (Å²) in [6.07, 6.45) is 5.62. The summed E-state index contributed by atoms with van der Waals surface area (Å²) < 4.78 is 2.03. The lowest BCUT2D eigenvalue weighted by atomic mass is 10.0. The quantitative estimate of drug-likeness (QED) is 0.496. The van der Waals surface area contributed by atoms with Crippen LogP contribution in [-0.4, -0.2) is 40.4 Å². The summed E-state index contributed by atoms with van der Waals surface area (Å²) in [6, 6.07) is 12.1. The van der Waals surface area contributed by atoms with Crippen LogP contribution in [0.1, 0.15) is 43.9 Å². The molecular weight excluding hydrogens is 364 g/mol. The first-order valence-corrected chi connectivity index (χ1v) is 9.99. The lowest BCUT2D eigenvalue weighted by Crippen LogP contribution is -2.06. The predicted octanol–water partition coefficient (Wildman–Crippen LogP) is 3.47. The van der Waals surface area contributed by atoms with Crippen molar-refractivity contribution >= 4 is 0 Å². The third-order valence-electron chi connectivity index (χ3n) is 4.68. The SMILES string of the molecule is CCCc1nc(Cc2ccc(-c3ccccc3-c3nn[nH]n3)nc2)n(CCC)n1. The fraction of sp³-hybridized carbons (Fsp3) is 0.333. The molecule has 0 saturated heterocycles. The molecule has 3 heterocycles. The fourth-order valence-corrected chi connectivity index (χ4v) is 3.33. The predicted molar refractivity (Wildman–Crippen MR) is 110 cm³/mol. The summed E-state index contributed by atoms with van der Waals surface area (Å²) in [4.78, 5) is 9.43. The summed E-state index contributed by atoms with van der Waals surface area (Å²) in [5, 5.41) is 19.0. The number of hydrogen-bond donors (Lipinski definition) is 1. The molecule has 0 aliphatic carbocycles. The summed E-state index contributed by atoms with van der Waals surface area (Å²) in [6.45, 7) is 5.19. The number of nitrogens with one attached hydrogen (secondary N) is 1. The molecule has 0 amide bonds. The molecule has 1 N–H and O–H groups in total. The van der Waals surface area contributed by atoms with Gasteiger partial charge in [-0.05, 0) is 29.7 Å². The minimum absolute atomic E-state index is 0.558. The molecule has 0 radical (unpaired) electrons. The Balaban J connectivity index is 1.59. The molecule has 0 atom stereocenters. The van der Waals surface area contributed by atoms with Crippen LogP contribution >= 0.6 is 0 Å². The smallest absolute Gasteiger partial charge is 0.205 e. The third-order valence-corrected chi connectivity index (χ3v) is 4.68. The van der Waals surface area contributed by atoms with Crippen LogP contribution in [0.5, 0.6) is 0 Å². The molecule has 8 nitrogen and oxygen atoms in total. The third kappa shape index (κ3) is 4.21. The van der Waals surface area contributed by atoms with Gasteiger partial charge in [0.05, 0.1) is 5.69 Å². The number of benzene rings is 1. The highest BCUT2D eigenvalue weighted by Gasteiger charge is 2.13. The molecule has 1 aromatic carbocycles. The van der Waals surface area contributed by atoms with E-state index < -0.39 is 0 Å². The molecule has 0 saturated carbocycles. The second-order valence-corrected chi connectivity index (χ2v) is 6.93. The maximum absolute atomic E-state index is 4.74. The van der Waals surface area contributed by atoms with Crippen molar-refractivity contribution in [3.63, 3.8) is 0 Å². The van der Waals surface area contributed by atoms with Gasteiger partial charge < -0.3 is 0 Å². The fourth-order valence-electron chi connectivity index (χ4n) is 3.33. The van der Waals surface area contributed by atoms with Crippen LogP contribution in [0.2, 0.25) is 0 Å². The normalized spacial score (nSPS) is 11.1. The Morgan fingerprint density at radius 3 is 2.55 bits per heavy atom. The van der Waals surface area contributed by atoms with Crippen molar-refractivity contribution in [1.82, 2.24) is 40.4 Å². The highest BCUT2D eigenvalue weighted by molar-refractivity contribution is 5.78. The standard InChI is InChI=1S/C21H24N8/c1-3-7-19-23-20(29(26-19)12-4-2)13-15-10-11-18(22-14-15)16-8-5-6-9-17(16)21-24-27-28-25-21/h5-6,8-11,14H,3-4,7,12-13H2,1-2H3,(H,24,25,27,28). The topological polar surface area (TPSA) is 98.1 Å². The van der Waals surface area contributed by atoms with Gasteiger partial charge in [0.2, 0.25) is 5.82 Å². The number of hydrogen-bond acceptors (Lipinski definition) is 6. The zero-order valence-corrected chi connectivity index (χ0v) is 16.7. The highest BCUT2D eigenvalue weighted by atomic mass is 15.5. The van der Waals surface area contributed by atoms with E-state index in [1.165, 1.54) is 0 Å². The number of H-pyrrole nitrogens is 1. The van der Waals surface area contributed by atoms with Crippen molar-refractivity contribution in [2.24, 2.45) is 0 Å². The van der Waals surface area contributed by atoms with Crippen LogP contribution in [0.25, 0.3) is 22.6 Å². The van der Waals surface area contributed by atoms with Crippen LogP contribution in [0.15, 0.2) is 42.6 Å². The molecule has 8 heteroatoms. The van der Waals surface area contributed by atoms with Crippen molar-refractivity contribution in [2.45, 2.75) is 46.1 Å². The van der Waals surface area contributed by atoms with E-state index in [0.717, 1.165) is 66.3 Å². The molecule has 0 bridgehead atoms. The maximum Gasteiger partial charge on any atom is 0.205 e. The Kier molecular flexibility index (Phi) is 5.69.